The molecule has 0 unspecified atom stereocenters. The molecule has 1 aromatic heterocycles. The van der Waals surface area contributed by atoms with Crippen LogP contribution in [0.15, 0.2) is 29.8 Å². The molecule has 0 spiro atoms. The van der Waals surface area contributed by atoms with E-state index in [1.165, 1.54) is 6.08 Å². The zero-order valence-electron chi connectivity index (χ0n) is 21.2. The van der Waals surface area contributed by atoms with Crippen LogP contribution in [0.3, 0.4) is 0 Å². The average Bonchev–Trinajstić information content (AvgIpc) is 3.06. The van der Waals surface area contributed by atoms with Crippen molar-refractivity contribution >= 4 is 23.6 Å². The normalized spacial score (nSPS) is 11.6. The molecule has 2 rings (SSSR count). The maximum Gasteiger partial charge on any atom is 0.349 e. The van der Waals surface area contributed by atoms with Crippen molar-refractivity contribution in [2.24, 2.45) is 0 Å². The van der Waals surface area contributed by atoms with Crippen molar-refractivity contribution < 1.29 is 19.1 Å². The molecule has 182 valence electrons. The largest absolute Gasteiger partial charge is 0.451 e. The molecule has 0 atom stereocenters. The monoisotopic (exact) mass is 465 g/mol. The summed E-state index contributed by atoms with van der Waals surface area (Å²) < 4.78 is 12.4. The molecule has 0 saturated heterocycles. The van der Waals surface area contributed by atoms with Gasteiger partial charge in [0.15, 0.2) is 6.61 Å². The molecular weight excluding hydrogens is 430 g/mol. The Labute approximate surface area is 202 Å². The Hall–Kier alpha value is -3.37. The van der Waals surface area contributed by atoms with Crippen LogP contribution >= 0.6 is 0 Å². The van der Waals surface area contributed by atoms with Gasteiger partial charge in [0.2, 0.25) is 0 Å². The third kappa shape index (κ3) is 6.58. The molecule has 0 aliphatic rings. The lowest BCUT2D eigenvalue weighted by Gasteiger charge is -2.20. The Morgan fingerprint density at radius 1 is 1.15 bits per heavy atom. The van der Waals surface area contributed by atoms with Gasteiger partial charge in [-0.15, -0.1) is 0 Å². The molecule has 0 saturated carbocycles. The molecule has 0 aliphatic carbocycles. The summed E-state index contributed by atoms with van der Waals surface area (Å²) in [6, 6.07) is 9.74. The highest BCUT2D eigenvalue weighted by Crippen LogP contribution is 2.32. The number of carbonyl (C=O) groups is 2. The van der Waals surface area contributed by atoms with E-state index in [1.54, 1.807) is 7.11 Å². The second-order valence-corrected chi connectivity index (χ2v) is 8.89. The summed E-state index contributed by atoms with van der Waals surface area (Å²) in [4.78, 5) is 25.2. The van der Waals surface area contributed by atoms with E-state index >= 15 is 0 Å². The molecule has 0 fully saturated rings. The number of hydrogen-bond donors (Lipinski definition) is 1. The number of aromatic nitrogens is 1. The summed E-state index contributed by atoms with van der Waals surface area (Å²) in [5.74, 6) is -0.848. The van der Waals surface area contributed by atoms with E-state index in [1.807, 2.05) is 44.2 Å². The van der Waals surface area contributed by atoms with Gasteiger partial charge >= 0.3 is 5.97 Å². The second kappa shape index (κ2) is 12.2. The van der Waals surface area contributed by atoms with Crippen LogP contribution in [-0.4, -0.2) is 36.8 Å². The molecule has 1 N–H and O–H groups in total. The predicted octanol–water partition coefficient (Wildman–Crippen LogP) is 5.09. The molecule has 1 aromatic carbocycles. The number of esters is 1. The van der Waals surface area contributed by atoms with Crippen LogP contribution in [0.5, 0.6) is 0 Å². The molecule has 0 bridgehead atoms. The molecule has 34 heavy (non-hydrogen) atoms. The zero-order valence-corrected chi connectivity index (χ0v) is 21.2. The summed E-state index contributed by atoms with van der Waals surface area (Å²) >= 11 is 0. The van der Waals surface area contributed by atoms with Crippen molar-refractivity contribution in [3.8, 4) is 6.07 Å². The summed E-state index contributed by atoms with van der Waals surface area (Å²) in [5.41, 5.74) is 5.30. The maximum atomic E-state index is 12.6. The van der Waals surface area contributed by atoms with Gasteiger partial charge < -0.3 is 19.4 Å². The predicted molar refractivity (Wildman–Crippen MR) is 134 cm³/mol. The first kappa shape index (κ1) is 26.9. The van der Waals surface area contributed by atoms with Gasteiger partial charge in [-0.05, 0) is 54.5 Å². The number of para-hydroxylation sites is 1. The van der Waals surface area contributed by atoms with Gasteiger partial charge in [0, 0.05) is 30.7 Å². The van der Waals surface area contributed by atoms with E-state index < -0.39 is 18.5 Å². The third-order valence-corrected chi connectivity index (χ3v) is 5.74. The van der Waals surface area contributed by atoms with E-state index in [9.17, 15) is 14.9 Å². The average molecular weight is 466 g/mol. The number of hydrogen-bond acceptors (Lipinski definition) is 5. The number of ether oxygens (including phenoxy) is 2. The van der Waals surface area contributed by atoms with Crippen molar-refractivity contribution in [1.29, 1.82) is 5.26 Å². The molecule has 0 aliphatic heterocycles. The molecule has 1 heterocycles. The fourth-order valence-corrected chi connectivity index (χ4v) is 3.87. The van der Waals surface area contributed by atoms with Crippen molar-refractivity contribution in [1.82, 2.24) is 4.57 Å². The van der Waals surface area contributed by atoms with Crippen LogP contribution in [0, 0.1) is 25.2 Å². The summed E-state index contributed by atoms with van der Waals surface area (Å²) in [6.45, 7) is 12.9. The van der Waals surface area contributed by atoms with E-state index in [0.717, 1.165) is 33.8 Å². The number of amides is 1. The van der Waals surface area contributed by atoms with Crippen LogP contribution in [0.2, 0.25) is 0 Å². The first-order valence-corrected chi connectivity index (χ1v) is 11.5. The quantitative estimate of drug-likeness (QED) is 0.300. The maximum absolute atomic E-state index is 12.6. The van der Waals surface area contributed by atoms with Gasteiger partial charge in [-0.2, -0.15) is 5.26 Å². The molecule has 7 heteroatoms. The topological polar surface area (TPSA) is 93.3 Å². The first-order chi connectivity index (χ1) is 16.1. The smallest absolute Gasteiger partial charge is 0.349 e. The van der Waals surface area contributed by atoms with Crippen LogP contribution in [-0.2, 0) is 25.6 Å². The number of anilines is 1. The molecule has 2 aromatic rings. The number of nitrogens with zero attached hydrogens (tertiary/aromatic N) is 2. The van der Waals surface area contributed by atoms with Crippen molar-refractivity contribution in [2.45, 2.75) is 59.9 Å². The summed E-state index contributed by atoms with van der Waals surface area (Å²) in [7, 11) is 1.64. The minimum atomic E-state index is -0.833. The van der Waals surface area contributed by atoms with Gasteiger partial charge in [0.1, 0.15) is 11.6 Å². The van der Waals surface area contributed by atoms with Gasteiger partial charge in [-0.25, -0.2) is 4.79 Å². The van der Waals surface area contributed by atoms with E-state index in [2.05, 4.69) is 37.6 Å². The number of methoxy groups -OCH3 is 1. The van der Waals surface area contributed by atoms with Gasteiger partial charge in [0.25, 0.3) is 5.91 Å². The van der Waals surface area contributed by atoms with E-state index in [-0.39, 0.29) is 17.4 Å². The molecule has 7 nitrogen and oxygen atoms in total. The number of carbonyl (C=O) groups excluding carboxylic acids is 2. The van der Waals surface area contributed by atoms with Crippen LogP contribution in [0.4, 0.5) is 5.69 Å². The van der Waals surface area contributed by atoms with Gasteiger partial charge in [0.05, 0.1) is 6.61 Å². The van der Waals surface area contributed by atoms with E-state index in [0.29, 0.717) is 13.2 Å². The van der Waals surface area contributed by atoms with Crippen LogP contribution < -0.4 is 5.32 Å². The van der Waals surface area contributed by atoms with Gasteiger partial charge in [-0.1, -0.05) is 45.9 Å². The lowest BCUT2D eigenvalue weighted by Crippen LogP contribution is -2.23. The molecule has 0 radical (unpaired) electrons. The number of benzene rings is 1. The van der Waals surface area contributed by atoms with Crippen LogP contribution in [0.25, 0.3) is 6.08 Å². The minimum Gasteiger partial charge on any atom is -0.451 e. The fraction of sp³-hybridized carbons (Fsp3) is 0.444. The zero-order chi connectivity index (χ0) is 25.4. The summed E-state index contributed by atoms with van der Waals surface area (Å²) in [6.07, 6.45) is 1.50. The highest BCUT2D eigenvalue weighted by atomic mass is 16.5. The first-order valence-electron chi connectivity index (χ1n) is 11.5. The van der Waals surface area contributed by atoms with Crippen molar-refractivity contribution in [3.63, 3.8) is 0 Å². The number of rotatable bonds is 10. The Bertz CT molecular complexity index is 1080. The standard InChI is InChI=1S/C27H35N3O4/c1-17(2)23-9-8-10-24(18(3)4)26(23)29-25(31)16-34-27(32)22(15-28)14-21-13-19(5)30(20(21)6)11-12-33-7/h8-10,13-14,17-18H,11-12,16H2,1-7H3,(H,29,31)/b22-14+. The lowest BCUT2D eigenvalue weighted by atomic mass is 9.92. The Kier molecular flexibility index (Phi) is 9.64. The minimum absolute atomic E-state index is 0.162. The van der Waals surface area contributed by atoms with Crippen LogP contribution in [0.1, 0.15) is 67.6 Å². The van der Waals surface area contributed by atoms with E-state index in [4.69, 9.17) is 9.47 Å². The van der Waals surface area contributed by atoms with Crippen molar-refractivity contribution in [3.05, 3.63) is 57.9 Å². The van der Waals surface area contributed by atoms with Gasteiger partial charge in [-0.3, -0.25) is 4.79 Å². The number of nitriles is 1. The molecule has 1 amide bonds. The highest BCUT2D eigenvalue weighted by Gasteiger charge is 2.19. The Morgan fingerprint density at radius 2 is 1.76 bits per heavy atom. The lowest BCUT2D eigenvalue weighted by molar-refractivity contribution is -0.142. The fourth-order valence-electron chi connectivity index (χ4n) is 3.87. The highest BCUT2D eigenvalue weighted by molar-refractivity contribution is 6.00. The Balaban J connectivity index is 2.14. The number of aryl methyl sites for hydroxylation is 1. The van der Waals surface area contributed by atoms with Crippen molar-refractivity contribution in [2.75, 3.05) is 25.6 Å². The summed E-state index contributed by atoms with van der Waals surface area (Å²) in [5, 5.41) is 12.4. The number of nitrogens with one attached hydrogen (secondary N) is 1. The second-order valence-electron chi connectivity index (χ2n) is 8.89. The Morgan fingerprint density at radius 3 is 2.29 bits per heavy atom. The SMILES string of the molecule is COCCn1c(C)cc(/C=C(\C#N)C(=O)OCC(=O)Nc2c(C(C)C)cccc2C(C)C)c1C. The third-order valence-electron chi connectivity index (χ3n) is 5.74. The molecular formula is C27H35N3O4.